The minimum atomic E-state index is -0.211. The van der Waals surface area contributed by atoms with Gasteiger partial charge in [-0.2, -0.15) is 0 Å². The first kappa shape index (κ1) is 15.2. The van der Waals surface area contributed by atoms with Crippen LogP contribution in [0.3, 0.4) is 0 Å². The van der Waals surface area contributed by atoms with Crippen molar-refractivity contribution in [3.05, 3.63) is 12.2 Å². The average Bonchev–Trinajstić information content (AvgIpc) is 2.32. The number of carbonyl (C=O) groups is 1. The fraction of sp³-hybridized carbons (Fsp3) is 0.800. The van der Waals surface area contributed by atoms with E-state index in [0.717, 1.165) is 32.1 Å². The molecule has 0 saturated heterocycles. The van der Waals surface area contributed by atoms with Crippen molar-refractivity contribution in [3.63, 3.8) is 0 Å². The van der Waals surface area contributed by atoms with Gasteiger partial charge in [0.2, 0.25) is 0 Å². The van der Waals surface area contributed by atoms with Gasteiger partial charge in [-0.3, -0.25) is 4.79 Å². The Kier molecular flexibility index (Phi) is 7.02. The lowest BCUT2D eigenvalue weighted by molar-refractivity contribution is -0.151. The molecule has 0 saturated carbocycles. The van der Waals surface area contributed by atoms with Crippen molar-refractivity contribution in [3.8, 4) is 0 Å². The molecule has 0 spiro atoms. The highest BCUT2D eigenvalue weighted by Crippen LogP contribution is 2.20. The maximum absolute atomic E-state index is 11.0. The summed E-state index contributed by atoms with van der Waals surface area (Å²) in [6.07, 6.45) is 9.75. The number of hydrogen-bond acceptors (Lipinski definition) is 3. The Bertz CT molecular complexity index is 273. The normalized spacial score (nSPS) is 24.8. The quantitative estimate of drug-likeness (QED) is 0.515. The zero-order chi connectivity index (χ0) is 13.4. The zero-order valence-electron chi connectivity index (χ0n) is 11.9. The molecule has 0 aliphatic heterocycles. The Labute approximate surface area is 111 Å². The van der Waals surface area contributed by atoms with Crippen LogP contribution in [0.25, 0.3) is 0 Å². The van der Waals surface area contributed by atoms with Gasteiger partial charge in [0.15, 0.2) is 0 Å². The number of carbonyl (C=O) groups excluding carboxylic acids is 1. The Hall–Kier alpha value is -0.830. The van der Waals surface area contributed by atoms with Crippen molar-refractivity contribution >= 4 is 5.97 Å². The van der Waals surface area contributed by atoms with Crippen LogP contribution in [0.1, 0.15) is 52.9 Å². The van der Waals surface area contributed by atoms with Crippen LogP contribution < -0.4 is 0 Å². The molecule has 3 nitrogen and oxygen atoms in total. The average molecular weight is 254 g/mol. The number of esters is 1. The maximum Gasteiger partial charge on any atom is 0.302 e. The second kappa shape index (κ2) is 8.30. The molecular weight excluding hydrogens is 228 g/mol. The number of rotatable bonds is 7. The second-order valence-corrected chi connectivity index (χ2v) is 5.21. The molecule has 1 rings (SSSR count). The van der Waals surface area contributed by atoms with Crippen molar-refractivity contribution in [1.29, 1.82) is 0 Å². The van der Waals surface area contributed by atoms with Gasteiger partial charge in [0.25, 0.3) is 0 Å². The van der Waals surface area contributed by atoms with Crippen LogP contribution in [-0.2, 0) is 14.3 Å². The van der Waals surface area contributed by atoms with Gasteiger partial charge in [-0.25, -0.2) is 0 Å². The van der Waals surface area contributed by atoms with Gasteiger partial charge in [-0.1, -0.05) is 32.4 Å². The van der Waals surface area contributed by atoms with Crippen LogP contribution >= 0.6 is 0 Å². The van der Waals surface area contributed by atoms with Crippen LogP contribution in [0.15, 0.2) is 12.2 Å². The summed E-state index contributed by atoms with van der Waals surface area (Å²) in [7, 11) is 0. The molecule has 3 heteroatoms. The topological polar surface area (TPSA) is 35.5 Å². The van der Waals surface area contributed by atoms with Crippen LogP contribution in [0.4, 0.5) is 0 Å². The molecule has 0 heterocycles. The lowest BCUT2D eigenvalue weighted by Gasteiger charge is -2.25. The van der Waals surface area contributed by atoms with E-state index in [-0.39, 0.29) is 18.2 Å². The van der Waals surface area contributed by atoms with E-state index < -0.39 is 0 Å². The summed E-state index contributed by atoms with van der Waals surface area (Å²) in [6.45, 7) is 6.33. The van der Waals surface area contributed by atoms with Crippen LogP contribution in [0, 0.1) is 5.92 Å². The molecule has 0 radical (unpaired) electrons. The van der Waals surface area contributed by atoms with Gasteiger partial charge in [-0.15, -0.1) is 0 Å². The van der Waals surface area contributed by atoms with Crippen molar-refractivity contribution in [1.82, 2.24) is 0 Å². The molecule has 1 aliphatic carbocycles. The van der Waals surface area contributed by atoms with Crippen LogP contribution in [0.5, 0.6) is 0 Å². The molecular formula is C15H26O3. The predicted molar refractivity (Wildman–Crippen MR) is 72.4 cm³/mol. The molecule has 1 aliphatic rings. The van der Waals surface area contributed by atoms with Crippen molar-refractivity contribution in [2.75, 3.05) is 6.61 Å². The van der Waals surface area contributed by atoms with E-state index in [9.17, 15) is 4.79 Å². The van der Waals surface area contributed by atoms with Gasteiger partial charge in [0.1, 0.15) is 6.10 Å². The number of hydrogen-bond donors (Lipinski definition) is 0. The molecule has 0 aromatic carbocycles. The van der Waals surface area contributed by atoms with Gasteiger partial charge in [0.05, 0.1) is 12.7 Å². The van der Waals surface area contributed by atoms with Crippen molar-refractivity contribution in [2.45, 2.75) is 65.1 Å². The summed E-state index contributed by atoms with van der Waals surface area (Å²) in [4.78, 5) is 11.0. The van der Waals surface area contributed by atoms with Gasteiger partial charge in [-0.05, 0) is 31.6 Å². The van der Waals surface area contributed by atoms with E-state index in [1.165, 1.54) is 6.92 Å². The first-order valence-electron chi connectivity index (χ1n) is 7.07. The third kappa shape index (κ3) is 6.20. The SMILES string of the molecule is CCCCC(COC1CC=CC(C)C1)OC(C)=O. The summed E-state index contributed by atoms with van der Waals surface area (Å²) < 4.78 is 11.2. The molecule has 0 N–H and O–H groups in total. The Morgan fingerprint density at radius 3 is 2.89 bits per heavy atom. The van der Waals surface area contributed by atoms with Crippen LogP contribution in [-0.4, -0.2) is 24.8 Å². The predicted octanol–water partition coefficient (Wildman–Crippen LogP) is 3.48. The van der Waals surface area contributed by atoms with Crippen molar-refractivity contribution < 1.29 is 14.3 Å². The Morgan fingerprint density at radius 2 is 2.28 bits per heavy atom. The summed E-state index contributed by atoms with van der Waals surface area (Å²) in [6, 6.07) is 0. The first-order valence-corrected chi connectivity index (χ1v) is 7.07. The van der Waals surface area contributed by atoms with E-state index in [4.69, 9.17) is 9.47 Å². The molecule has 0 amide bonds. The fourth-order valence-corrected chi connectivity index (χ4v) is 2.27. The summed E-state index contributed by atoms with van der Waals surface area (Å²) >= 11 is 0. The van der Waals surface area contributed by atoms with Gasteiger partial charge < -0.3 is 9.47 Å². The molecule has 104 valence electrons. The molecule has 18 heavy (non-hydrogen) atoms. The van der Waals surface area contributed by atoms with Gasteiger partial charge >= 0.3 is 5.97 Å². The zero-order valence-corrected chi connectivity index (χ0v) is 11.9. The minimum absolute atomic E-state index is 0.0799. The molecule has 3 atom stereocenters. The van der Waals surface area contributed by atoms with E-state index >= 15 is 0 Å². The standard InChI is InChI=1S/C15H26O3/c1-4-5-8-15(18-13(3)16)11-17-14-9-6-7-12(2)10-14/h6-7,12,14-15H,4-5,8-11H2,1-3H3. The molecule has 0 fully saturated rings. The second-order valence-electron chi connectivity index (χ2n) is 5.21. The minimum Gasteiger partial charge on any atom is -0.460 e. The number of unbranched alkanes of at least 4 members (excludes halogenated alkanes) is 1. The Morgan fingerprint density at radius 1 is 1.50 bits per heavy atom. The van der Waals surface area contributed by atoms with E-state index in [1.54, 1.807) is 0 Å². The van der Waals surface area contributed by atoms with E-state index in [0.29, 0.717) is 12.5 Å². The number of ether oxygens (including phenoxy) is 2. The van der Waals surface area contributed by atoms with Crippen molar-refractivity contribution in [2.24, 2.45) is 5.92 Å². The monoisotopic (exact) mass is 254 g/mol. The highest BCUT2D eigenvalue weighted by molar-refractivity contribution is 5.66. The van der Waals surface area contributed by atoms with Crippen LogP contribution in [0.2, 0.25) is 0 Å². The Balaban J connectivity index is 2.31. The maximum atomic E-state index is 11.0. The first-order chi connectivity index (χ1) is 8.61. The third-order valence-electron chi connectivity index (χ3n) is 3.23. The summed E-state index contributed by atoms with van der Waals surface area (Å²) in [5, 5.41) is 0. The molecule has 0 aromatic heterocycles. The summed E-state index contributed by atoms with van der Waals surface area (Å²) in [5.41, 5.74) is 0. The van der Waals surface area contributed by atoms with E-state index in [2.05, 4.69) is 26.0 Å². The lowest BCUT2D eigenvalue weighted by atomic mass is 9.95. The third-order valence-corrected chi connectivity index (χ3v) is 3.23. The largest absolute Gasteiger partial charge is 0.460 e. The smallest absolute Gasteiger partial charge is 0.302 e. The van der Waals surface area contributed by atoms with E-state index in [1.807, 2.05) is 0 Å². The molecule has 0 aromatic rings. The fourth-order valence-electron chi connectivity index (χ4n) is 2.27. The summed E-state index contributed by atoms with van der Waals surface area (Å²) in [5.74, 6) is 0.378. The lowest BCUT2D eigenvalue weighted by Crippen LogP contribution is -2.27. The molecule has 0 bridgehead atoms. The number of allylic oxidation sites excluding steroid dienone is 1. The highest BCUT2D eigenvalue weighted by atomic mass is 16.6. The molecule has 3 unspecified atom stereocenters. The van der Waals surface area contributed by atoms with Gasteiger partial charge in [0, 0.05) is 6.92 Å². The highest BCUT2D eigenvalue weighted by Gasteiger charge is 2.18.